The van der Waals surface area contributed by atoms with Crippen LogP contribution in [0.2, 0.25) is 0 Å². The van der Waals surface area contributed by atoms with Crippen molar-refractivity contribution in [1.82, 2.24) is 0 Å². The second-order valence-corrected chi connectivity index (χ2v) is 9.48. The quantitative estimate of drug-likeness (QED) is 0.323. The molecule has 2 aromatic rings. The molecule has 0 radical (unpaired) electrons. The molecule has 0 spiro atoms. The van der Waals surface area contributed by atoms with Gasteiger partial charge in [-0.25, -0.2) is 0 Å². The maximum Gasteiger partial charge on any atom is 4.00 e. The minimum Gasteiger partial charge on any atom is -0.681 e. The fourth-order valence-corrected chi connectivity index (χ4v) is 7.31. The molecule has 0 saturated heterocycles. The van der Waals surface area contributed by atoms with Crippen molar-refractivity contribution in [2.75, 3.05) is 0 Å². The molecular formula is C26H35NSTi. The van der Waals surface area contributed by atoms with Crippen molar-refractivity contribution in [2.45, 2.75) is 61.6 Å². The molecule has 6 unspecified atom stereocenters. The molecule has 1 fully saturated rings. The zero-order chi connectivity index (χ0) is 17.1. The molecule has 1 aliphatic carbocycles. The van der Waals surface area contributed by atoms with Gasteiger partial charge < -0.3 is 27.6 Å². The number of hydrogen-bond acceptors (Lipinski definition) is 1. The summed E-state index contributed by atoms with van der Waals surface area (Å²) in [4.78, 5) is 1.51. The van der Waals surface area contributed by atoms with E-state index in [4.69, 9.17) is 5.32 Å². The minimum atomic E-state index is 0. The Morgan fingerprint density at radius 3 is 2.17 bits per heavy atom. The Kier molecular flexibility index (Phi) is 9.15. The molecule has 2 aliphatic heterocycles. The zero-order valence-electron chi connectivity index (χ0n) is 18.8. The van der Waals surface area contributed by atoms with Gasteiger partial charge in [-0.2, -0.15) is 0 Å². The molecule has 3 heteroatoms. The van der Waals surface area contributed by atoms with Crippen molar-refractivity contribution in [2.24, 2.45) is 11.8 Å². The van der Waals surface area contributed by atoms with Gasteiger partial charge in [0.2, 0.25) is 0 Å². The Morgan fingerprint density at radius 1 is 0.828 bits per heavy atom. The first kappa shape index (κ1) is 26.3. The summed E-state index contributed by atoms with van der Waals surface area (Å²) in [6.45, 7) is 7.21. The summed E-state index contributed by atoms with van der Waals surface area (Å²) in [5.74, 6) is 2.73. The Bertz CT molecular complexity index is 820. The van der Waals surface area contributed by atoms with Gasteiger partial charge in [-0.3, -0.25) is 0 Å². The topological polar surface area (TPSA) is 14.1 Å². The van der Waals surface area contributed by atoms with Crippen molar-refractivity contribution in [3.05, 3.63) is 86.8 Å². The molecule has 29 heavy (non-hydrogen) atoms. The van der Waals surface area contributed by atoms with Gasteiger partial charge in [0.15, 0.2) is 0 Å². The van der Waals surface area contributed by atoms with Crippen molar-refractivity contribution >= 4 is 17.4 Å². The molecule has 3 aliphatic rings. The van der Waals surface area contributed by atoms with Crippen LogP contribution in [0.3, 0.4) is 0 Å². The van der Waals surface area contributed by atoms with Gasteiger partial charge in [0.25, 0.3) is 0 Å². The molecular weight excluding hydrogens is 406 g/mol. The largest absolute Gasteiger partial charge is 4.00 e. The van der Waals surface area contributed by atoms with E-state index >= 15 is 0 Å². The summed E-state index contributed by atoms with van der Waals surface area (Å²) < 4.78 is 0. The van der Waals surface area contributed by atoms with Crippen molar-refractivity contribution < 1.29 is 21.7 Å². The van der Waals surface area contributed by atoms with Gasteiger partial charge in [0, 0.05) is 16.1 Å². The molecule has 2 aromatic carbocycles. The summed E-state index contributed by atoms with van der Waals surface area (Å²) in [5, 5.41) is 5.77. The second-order valence-electron chi connectivity index (χ2n) is 8.26. The van der Waals surface area contributed by atoms with Crippen LogP contribution in [0, 0.1) is 34.1 Å². The minimum absolute atomic E-state index is 0. The van der Waals surface area contributed by atoms with Crippen molar-refractivity contribution in [3.8, 4) is 0 Å². The predicted octanol–water partition coefficient (Wildman–Crippen LogP) is 8.00. The van der Waals surface area contributed by atoms with E-state index < -0.39 is 0 Å². The second kappa shape index (κ2) is 10.1. The summed E-state index contributed by atoms with van der Waals surface area (Å²) in [7, 11) is 0. The van der Waals surface area contributed by atoms with Crippen molar-refractivity contribution in [3.63, 3.8) is 0 Å². The number of fused-ring (bicyclic) bond motifs is 4. The van der Waals surface area contributed by atoms with E-state index in [1.807, 2.05) is 0 Å². The Morgan fingerprint density at radius 2 is 1.45 bits per heavy atom. The van der Waals surface area contributed by atoms with E-state index in [0.29, 0.717) is 29.0 Å². The fourth-order valence-electron chi connectivity index (χ4n) is 5.44. The monoisotopic (exact) mass is 441 g/mol. The molecule has 6 atom stereocenters. The number of hydrogen-bond donors (Lipinski definition) is 0. The number of aryl methyl sites for hydroxylation is 1. The van der Waals surface area contributed by atoms with Crippen LogP contribution in [0.1, 0.15) is 55.7 Å². The average Bonchev–Trinajstić information content (AvgIpc) is 3.10. The van der Waals surface area contributed by atoms with E-state index in [-0.39, 0.29) is 44.0 Å². The first-order chi connectivity index (χ1) is 12.1. The van der Waals surface area contributed by atoms with Gasteiger partial charge in [0.05, 0.1) is 0 Å². The summed E-state index contributed by atoms with van der Waals surface area (Å²) in [6, 6.07) is 16.5. The maximum atomic E-state index is 5.10. The number of benzene rings is 2. The molecule has 0 bridgehead atoms. The van der Waals surface area contributed by atoms with Crippen LogP contribution >= 0.6 is 11.8 Å². The summed E-state index contributed by atoms with van der Waals surface area (Å²) in [5.41, 5.74) is 5.92. The van der Waals surface area contributed by atoms with E-state index in [1.165, 1.54) is 34.6 Å². The summed E-state index contributed by atoms with van der Waals surface area (Å²) >= 11 is 2.13. The van der Waals surface area contributed by atoms with E-state index in [9.17, 15) is 0 Å². The van der Waals surface area contributed by atoms with Crippen LogP contribution in [0.15, 0.2) is 47.4 Å². The van der Waals surface area contributed by atoms with Crippen LogP contribution in [0.25, 0.3) is 5.32 Å². The third-order valence-electron chi connectivity index (χ3n) is 6.90. The SMILES string of the molecule is CC1CCc2cccc(C3C(C)C(C)C4c5ccccc5SC43)c2[N-]1.[CH3-].[CH3-].[CH3-].[Ti+4]. The molecule has 0 amide bonds. The normalized spacial score (nSPS) is 30.7. The summed E-state index contributed by atoms with van der Waals surface area (Å²) in [6.07, 6.45) is 2.38. The molecule has 5 rings (SSSR count). The van der Waals surface area contributed by atoms with Crippen LogP contribution in [0.4, 0.5) is 5.69 Å². The number of para-hydroxylation sites is 1. The molecule has 1 saturated carbocycles. The van der Waals surface area contributed by atoms with Gasteiger partial charge >= 0.3 is 21.7 Å². The molecule has 1 nitrogen and oxygen atoms in total. The van der Waals surface area contributed by atoms with Gasteiger partial charge in [-0.1, -0.05) is 74.7 Å². The first-order valence-corrected chi connectivity index (χ1v) is 10.6. The van der Waals surface area contributed by atoms with Gasteiger partial charge in [-0.15, -0.1) is 23.5 Å². The smallest absolute Gasteiger partial charge is 0.681 e. The molecule has 0 aromatic heterocycles. The first-order valence-electron chi connectivity index (χ1n) is 9.73. The molecule has 0 N–H and O–H groups in total. The Balaban J connectivity index is 0.00000105. The van der Waals surface area contributed by atoms with E-state index in [1.54, 1.807) is 5.56 Å². The molecule has 2 heterocycles. The maximum absolute atomic E-state index is 5.10. The van der Waals surface area contributed by atoms with E-state index in [2.05, 4.69) is 75.0 Å². The number of thioether (sulfide) groups is 1. The van der Waals surface area contributed by atoms with Crippen LogP contribution in [-0.2, 0) is 28.1 Å². The fraction of sp³-hybridized carbons (Fsp3) is 0.423. The molecule has 154 valence electrons. The zero-order valence-corrected chi connectivity index (χ0v) is 21.2. The number of rotatable bonds is 1. The van der Waals surface area contributed by atoms with Gasteiger partial charge in [-0.05, 0) is 35.8 Å². The van der Waals surface area contributed by atoms with Crippen LogP contribution < -0.4 is 0 Å². The average molecular weight is 442 g/mol. The van der Waals surface area contributed by atoms with Crippen LogP contribution in [-0.4, -0.2) is 11.3 Å². The van der Waals surface area contributed by atoms with Crippen LogP contribution in [0.5, 0.6) is 0 Å². The third-order valence-corrected chi connectivity index (χ3v) is 8.39. The third kappa shape index (κ3) is 4.10. The number of nitrogens with zero attached hydrogens (tertiary/aromatic N) is 1. The standard InChI is InChI=1S/C23H26NS.3CH3.Ti/c1-13-11-12-16-7-6-9-18(22(16)24-13)21-15(3)14(2)20-17-8-4-5-10-19(17)25-23(20)21;;;;/h4-10,13-15,20-21,23H,11-12H2,1-3H3;3*1H3;/q4*-1;+4. The van der Waals surface area contributed by atoms with Crippen molar-refractivity contribution in [1.29, 1.82) is 0 Å². The van der Waals surface area contributed by atoms with E-state index in [0.717, 1.165) is 5.92 Å². The van der Waals surface area contributed by atoms with Gasteiger partial charge in [0.1, 0.15) is 0 Å². The Labute approximate surface area is 198 Å². The Hall–Kier alpha value is -0.696. The predicted molar refractivity (Wildman–Crippen MR) is 126 cm³/mol.